The summed E-state index contributed by atoms with van der Waals surface area (Å²) in [6, 6.07) is 14.5. The molecule has 0 fully saturated rings. The summed E-state index contributed by atoms with van der Waals surface area (Å²) in [6.45, 7) is 3.56. The summed E-state index contributed by atoms with van der Waals surface area (Å²) in [4.78, 5) is 11.6. The third-order valence-corrected chi connectivity index (χ3v) is 5.40. The van der Waals surface area contributed by atoms with Gasteiger partial charge in [-0.3, -0.25) is 4.99 Å². The molecule has 0 unspecified atom stereocenters. The first-order chi connectivity index (χ1) is 11.7. The lowest BCUT2D eigenvalue weighted by atomic mass is 10.2. The molecule has 0 aliphatic rings. The van der Waals surface area contributed by atoms with Gasteiger partial charge in [0.25, 0.3) is 0 Å². The van der Waals surface area contributed by atoms with E-state index in [9.17, 15) is 0 Å². The zero-order chi connectivity index (χ0) is 16.8. The van der Waals surface area contributed by atoms with Crippen LogP contribution < -0.4 is 10.6 Å². The summed E-state index contributed by atoms with van der Waals surface area (Å²) in [5, 5.41) is 9.78. The maximum absolute atomic E-state index is 4.68. The van der Waals surface area contributed by atoms with Crippen LogP contribution in [-0.2, 0) is 13.1 Å². The standard InChI is InChI=1S/C18H20N4S2.HI/c1-13-8-9-16(24-13)11-21-18(19-2)20-10-15-12-23-17(22-15)14-6-4-3-5-7-14;/h3-9,12H,10-11H2,1-2H3,(H2,19,20,21);1H. The molecule has 0 amide bonds. The van der Waals surface area contributed by atoms with Gasteiger partial charge in [-0.05, 0) is 19.1 Å². The van der Waals surface area contributed by atoms with Crippen LogP contribution in [0.15, 0.2) is 52.8 Å². The lowest BCUT2D eigenvalue weighted by Crippen LogP contribution is -2.36. The molecule has 7 heteroatoms. The van der Waals surface area contributed by atoms with Crippen molar-refractivity contribution in [1.82, 2.24) is 15.6 Å². The van der Waals surface area contributed by atoms with Crippen molar-refractivity contribution in [2.75, 3.05) is 7.05 Å². The molecule has 1 aromatic carbocycles. The molecule has 0 aliphatic heterocycles. The normalized spacial score (nSPS) is 11.0. The van der Waals surface area contributed by atoms with Crippen LogP contribution in [0.5, 0.6) is 0 Å². The molecule has 25 heavy (non-hydrogen) atoms. The number of hydrogen-bond acceptors (Lipinski definition) is 4. The third kappa shape index (κ3) is 5.79. The summed E-state index contributed by atoms with van der Waals surface area (Å²) in [5.74, 6) is 0.787. The highest BCUT2D eigenvalue weighted by atomic mass is 127. The SMILES string of the molecule is CN=C(NCc1csc(-c2ccccc2)n1)NCc1ccc(C)s1.I. The fourth-order valence-corrected chi connectivity index (χ4v) is 3.90. The highest BCUT2D eigenvalue weighted by molar-refractivity contribution is 14.0. The second kappa shape index (κ2) is 9.88. The smallest absolute Gasteiger partial charge is 0.191 e. The van der Waals surface area contributed by atoms with E-state index in [0.29, 0.717) is 6.54 Å². The molecule has 3 aromatic rings. The molecule has 3 rings (SSSR count). The van der Waals surface area contributed by atoms with Crippen LogP contribution in [0.2, 0.25) is 0 Å². The van der Waals surface area contributed by atoms with Gasteiger partial charge in [-0.25, -0.2) is 4.98 Å². The Kier molecular flexibility index (Phi) is 7.86. The second-order valence-electron chi connectivity index (χ2n) is 5.30. The molecular weight excluding hydrogens is 463 g/mol. The van der Waals surface area contributed by atoms with Crippen LogP contribution in [0.3, 0.4) is 0 Å². The van der Waals surface area contributed by atoms with Gasteiger partial charge < -0.3 is 10.6 Å². The van der Waals surface area contributed by atoms with E-state index in [1.165, 1.54) is 9.75 Å². The number of aryl methyl sites for hydroxylation is 1. The Bertz CT molecular complexity index is 811. The first-order valence-corrected chi connectivity index (χ1v) is 9.44. The zero-order valence-electron chi connectivity index (χ0n) is 14.2. The molecule has 0 aliphatic carbocycles. The second-order valence-corrected chi connectivity index (χ2v) is 7.53. The van der Waals surface area contributed by atoms with Gasteiger partial charge in [-0.1, -0.05) is 30.3 Å². The van der Waals surface area contributed by atoms with Gasteiger partial charge in [0, 0.05) is 27.7 Å². The monoisotopic (exact) mass is 484 g/mol. The molecule has 2 N–H and O–H groups in total. The minimum Gasteiger partial charge on any atom is -0.352 e. The summed E-state index contributed by atoms with van der Waals surface area (Å²) < 4.78 is 0. The number of aliphatic imine (C=N–C) groups is 1. The summed E-state index contributed by atoms with van der Waals surface area (Å²) >= 11 is 3.46. The van der Waals surface area contributed by atoms with Crippen molar-refractivity contribution >= 4 is 52.6 Å². The highest BCUT2D eigenvalue weighted by Gasteiger charge is 2.05. The number of guanidine groups is 1. The van der Waals surface area contributed by atoms with Gasteiger partial charge in [-0.2, -0.15) is 0 Å². The summed E-state index contributed by atoms with van der Waals surface area (Å²) in [5.41, 5.74) is 2.18. The van der Waals surface area contributed by atoms with Crippen LogP contribution in [0.4, 0.5) is 0 Å². The van der Waals surface area contributed by atoms with Crippen LogP contribution in [0, 0.1) is 6.92 Å². The molecule has 132 valence electrons. The van der Waals surface area contributed by atoms with Crippen LogP contribution in [-0.4, -0.2) is 18.0 Å². The quantitative estimate of drug-likeness (QED) is 0.315. The van der Waals surface area contributed by atoms with Crippen LogP contribution in [0.25, 0.3) is 10.6 Å². The molecule has 0 bridgehead atoms. The maximum atomic E-state index is 4.68. The maximum Gasteiger partial charge on any atom is 0.191 e. The number of nitrogens with zero attached hydrogens (tertiary/aromatic N) is 2. The van der Waals surface area contributed by atoms with Gasteiger partial charge in [0.15, 0.2) is 5.96 Å². The molecular formula is C18H21IN4S2. The number of nitrogens with one attached hydrogen (secondary N) is 2. The lowest BCUT2D eigenvalue weighted by Gasteiger charge is -2.10. The largest absolute Gasteiger partial charge is 0.352 e. The van der Waals surface area contributed by atoms with Gasteiger partial charge in [-0.15, -0.1) is 46.7 Å². The number of hydrogen-bond donors (Lipinski definition) is 2. The molecule has 2 aromatic heterocycles. The molecule has 2 heterocycles. The number of rotatable bonds is 5. The van der Waals surface area contributed by atoms with Crippen molar-refractivity contribution in [2.45, 2.75) is 20.0 Å². The van der Waals surface area contributed by atoms with Crippen molar-refractivity contribution < 1.29 is 0 Å². The Labute approximate surface area is 173 Å². The first-order valence-electron chi connectivity index (χ1n) is 7.74. The Balaban J connectivity index is 0.00000225. The summed E-state index contributed by atoms with van der Waals surface area (Å²) in [6.07, 6.45) is 0. The topological polar surface area (TPSA) is 49.3 Å². The molecule has 0 spiro atoms. The fourth-order valence-electron chi connectivity index (χ4n) is 2.25. The average Bonchev–Trinajstić information content (AvgIpc) is 3.25. The van der Waals surface area contributed by atoms with E-state index in [-0.39, 0.29) is 24.0 Å². The van der Waals surface area contributed by atoms with Crippen molar-refractivity contribution in [3.05, 3.63) is 63.3 Å². The van der Waals surface area contributed by atoms with E-state index >= 15 is 0 Å². The number of thiazole rings is 1. The Morgan fingerprint density at radius 1 is 1.08 bits per heavy atom. The van der Waals surface area contributed by atoms with Crippen LogP contribution >= 0.6 is 46.7 Å². The number of halogens is 1. The Morgan fingerprint density at radius 3 is 2.52 bits per heavy atom. The average molecular weight is 484 g/mol. The molecule has 4 nitrogen and oxygen atoms in total. The molecule has 0 atom stereocenters. The molecule has 0 saturated heterocycles. The fraction of sp³-hybridized carbons (Fsp3) is 0.222. The minimum absolute atomic E-state index is 0. The predicted octanol–water partition coefficient (Wildman–Crippen LogP) is 4.66. The van der Waals surface area contributed by atoms with Crippen molar-refractivity contribution in [2.24, 2.45) is 4.99 Å². The predicted molar refractivity (Wildman–Crippen MR) is 119 cm³/mol. The van der Waals surface area contributed by atoms with Gasteiger partial charge in [0.1, 0.15) is 5.01 Å². The Hall–Kier alpha value is -1.45. The van der Waals surface area contributed by atoms with E-state index in [0.717, 1.165) is 28.8 Å². The van der Waals surface area contributed by atoms with Gasteiger partial charge in [0.2, 0.25) is 0 Å². The zero-order valence-corrected chi connectivity index (χ0v) is 18.1. The van der Waals surface area contributed by atoms with Gasteiger partial charge in [0.05, 0.1) is 18.8 Å². The minimum atomic E-state index is 0. The number of benzene rings is 1. The first kappa shape index (κ1) is 19.9. The highest BCUT2D eigenvalue weighted by Crippen LogP contribution is 2.23. The van der Waals surface area contributed by atoms with Crippen molar-refractivity contribution in [3.63, 3.8) is 0 Å². The lowest BCUT2D eigenvalue weighted by molar-refractivity contribution is 0.804. The van der Waals surface area contributed by atoms with Crippen molar-refractivity contribution in [1.29, 1.82) is 0 Å². The molecule has 0 radical (unpaired) electrons. The third-order valence-electron chi connectivity index (χ3n) is 3.46. The van der Waals surface area contributed by atoms with Crippen LogP contribution in [0.1, 0.15) is 15.4 Å². The number of thiophene rings is 1. The van der Waals surface area contributed by atoms with E-state index in [1.54, 1.807) is 29.7 Å². The number of aromatic nitrogens is 1. The van der Waals surface area contributed by atoms with E-state index in [2.05, 4.69) is 57.2 Å². The van der Waals surface area contributed by atoms with Crippen molar-refractivity contribution in [3.8, 4) is 10.6 Å². The summed E-state index contributed by atoms with van der Waals surface area (Å²) in [7, 11) is 1.78. The van der Waals surface area contributed by atoms with E-state index in [1.807, 2.05) is 18.2 Å². The van der Waals surface area contributed by atoms with E-state index in [4.69, 9.17) is 0 Å². The Morgan fingerprint density at radius 2 is 1.84 bits per heavy atom. The molecule has 0 saturated carbocycles. The van der Waals surface area contributed by atoms with E-state index < -0.39 is 0 Å². The van der Waals surface area contributed by atoms with Gasteiger partial charge >= 0.3 is 0 Å².